The molecule has 0 radical (unpaired) electrons. The summed E-state index contributed by atoms with van der Waals surface area (Å²) in [5.41, 5.74) is 0. The molecular weight excluding hydrogens is 298 g/mol. The predicted octanol–water partition coefficient (Wildman–Crippen LogP) is -2.24. The molecule has 0 aromatic rings. The van der Waals surface area contributed by atoms with Gasteiger partial charge in [-0.25, -0.2) is 8.42 Å². The largest absolute Gasteiger partial charge is 1.00 e. The van der Waals surface area contributed by atoms with Crippen molar-refractivity contribution < 1.29 is 76.0 Å². The number of thioether (sulfide) groups is 1. The number of hydrogen-bond donors (Lipinski definition) is 0. The first kappa shape index (κ1) is 17.9. The molecule has 0 bridgehead atoms. The minimum absolute atomic E-state index is 0. The van der Waals surface area contributed by atoms with Crippen LogP contribution in [0.4, 0.5) is 0 Å². The molecule has 0 saturated carbocycles. The Morgan fingerprint density at radius 1 is 1.50 bits per heavy atom. The van der Waals surface area contributed by atoms with Gasteiger partial charge in [-0.3, -0.25) is 4.79 Å². The molecule has 0 aromatic carbocycles. The van der Waals surface area contributed by atoms with E-state index in [2.05, 4.69) is 0 Å². The van der Waals surface area contributed by atoms with Crippen LogP contribution in [0, 0.1) is 0 Å². The third-order valence-corrected chi connectivity index (χ3v) is 2.79. The molecule has 0 aliphatic heterocycles. The van der Waals surface area contributed by atoms with E-state index in [1.54, 1.807) is 13.0 Å². The summed E-state index contributed by atoms with van der Waals surface area (Å²) in [6, 6.07) is 0. The van der Waals surface area contributed by atoms with E-state index in [0.29, 0.717) is 5.75 Å². The van der Waals surface area contributed by atoms with Crippen LogP contribution in [-0.2, 0) is 14.9 Å². The fraction of sp³-hybridized carbons (Fsp3) is 0.571. The molecule has 7 heteroatoms. The summed E-state index contributed by atoms with van der Waals surface area (Å²) < 4.78 is 30.4. The number of carbonyl (C=O) groups is 1. The molecule has 0 N–H and O–H groups in total. The zero-order valence-corrected chi connectivity index (χ0v) is 14.8. The van der Waals surface area contributed by atoms with Crippen LogP contribution >= 0.6 is 11.8 Å². The van der Waals surface area contributed by atoms with Crippen LogP contribution in [0.3, 0.4) is 0 Å². The van der Waals surface area contributed by atoms with Gasteiger partial charge in [0.25, 0.3) is 0 Å². The second-order valence-electron chi connectivity index (χ2n) is 2.28. The van der Waals surface area contributed by atoms with E-state index in [9.17, 15) is 17.8 Å². The summed E-state index contributed by atoms with van der Waals surface area (Å²) in [5, 5.41) is -0.120. The fourth-order valence-corrected chi connectivity index (χ4v) is 2.00. The Hall–Kier alpha value is 1.48. The van der Waals surface area contributed by atoms with Crippen LogP contribution in [0.1, 0.15) is 13.3 Å². The van der Waals surface area contributed by atoms with Gasteiger partial charge >= 0.3 is 58.2 Å². The van der Waals surface area contributed by atoms with E-state index < -0.39 is 15.9 Å². The third kappa shape index (κ3) is 13.5. The zero-order valence-electron chi connectivity index (χ0n) is 8.23. The number of hydrogen-bond acceptors (Lipinski definition) is 5. The first-order chi connectivity index (χ1) is 5.95. The molecule has 76 valence electrons. The normalized spacial score (nSPS) is 11.3. The summed E-state index contributed by atoms with van der Waals surface area (Å²) >= 11 is 1.01. The first-order valence-corrected chi connectivity index (χ1v) is 6.25. The maximum absolute atomic E-state index is 10.8. The van der Waals surface area contributed by atoms with Crippen LogP contribution in [0.15, 0.2) is 12.2 Å². The zero-order chi connectivity index (χ0) is 10.3. The van der Waals surface area contributed by atoms with Gasteiger partial charge in [0.2, 0.25) is 5.12 Å². The Labute approximate surface area is 137 Å². The average Bonchev–Trinajstić information content (AvgIpc) is 1.97. The maximum atomic E-state index is 10.8. The van der Waals surface area contributed by atoms with E-state index >= 15 is 0 Å². The van der Waals surface area contributed by atoms with Gasteiger partial charge in [-0.1, -0.05) is 17.8 Å². The second-order valence-corrected chi connectivity index (χ2v) is 4.91. The minimum Gasteiger partial charge on any atom is -0.748 e. The molecule has 4 nitrogen and oxygen atoms in total. The van der Waals surface area contributed by atoms with Crippen molar-refractivity contribution in [1.29, 1.82) is 0 Å². The van der Waals surface area contributed by atoms with Crippen molar-refractivity contribution in [3.63, 3.8) is 0 Å². The first-order valence-electron chi connectivity index (χ1n) is 3.68. The molecule has 0 fully saturated rings. The van der Waals surface area contributed by atoms with Crippen molar-refractivity contribution in [2.45, 2.75) is 13.3 Å². The summed E-state index contributed by atoms with van der Waals surface area (Å²) in [4.78, 5) is 10.8. The molecule has 0 rings (SSSR count). The number of rotatable bonds is 5. The smallest absolute Gasteiger partial charge is 0.748 e. The Kier molecular flexibility index (Phi) is 12.4. The summed E-state index contributed by atoms with van der Waals surface area (Å²) in [6.07, 6.45) is 3.23. The van der Waals surface area contributed by atoms with Crippen LogP contribution in [0.2, 0.25) is 0 Å². The molecule has 0 aliphatic carbocycles. The number of allylic oxidation sites excluding steroid dienone is 1. The summed E-state index contributed by atoms with van der Waals surface area (Å²) in [6.45, 7) is 1.72. The SMILES string of the molecule is CC=CC(=O)SCCCS(=O)(=O)[O-].[Rb+]. The maximum Gasteiger partial charge on any atom is 1.00 e. The van der Waals surface area contributed by atoms with Crippen molar-refractivity contribution in [3.8, 4) is 0 Å². The van der Waals surface area contributed by atoms with Gasteiger partial charge in [0.05, 0.1) is 10.1 Å². The van der Waals surface area contributed by atoms with Crippen LogP contribution < -0.4 is 58.2 Å². The van der Waals surface area contributed by atoms with Gasteiger partial charge in [-0.2, -0.15) is 0 Å². The summed E-state index contributed by atoms with van der Waals surface area (Å²) in [5.74, 6) is -0.0340. The Morgan fingerprint density at radius 2 is 2.07 bits per heavy atom. The van der Waals surface area contributed by atoms with Crippen LogP contribution in [0.25, 0.3) is 0 Å². The van der Waals surface area contributed by atoms with Crippen molar-refractivity contribution in [2.24, 2.45) is 0 Å². The summed E-state index contributed by atoms with van der Waals surface area (Å²) in [7, 11) is -4.13. The Bertz CT molecular complexity index is 284. The van der Waals surface area contributed by atoms with Crippen molar-refractivity contribution in [3.05, 3.63) is 12.2 Å². The van der Waals surface area contributed by atoms with Crippen molar-refractivity contribution in [1.82, 2.24) is 0 Å². The van der Waals surface area contributed by atoms with E-state index in [-0.39, 0.29) is 69.7 Å². The van der Waals surface area contributed by atoms with Gasteiger partial charge in [0, 0.05) is 11.5 Å². The topological polar surface area (TPSA) is 74.3 Å². The van der Waals surface area contributed by atoms with Gasteiger partial charge in [0.15, 0.2) is 0 Å². The van der Waals surface area contributed by atoms with E-state index in [0.717, 1.165) is 11.8 Å². The molecule has 0 aliphatic rings. The Balaban J connectivity index is 0. The molecule has 14 heavy (non-hydrogen) atoms. The fourth-order valence-electron chi connectivity index (χ4n) is 0.593. The number of carbonyl (C=O) groups excluding carboxylic acids is 1. The van der Waals surface area contributed by atoms with Gasteiger partial charge in [-0.15, -0.1) is 0 Å². The van der Waals surface area contributed by atoms with Crippen LogP contribution in [-0.4, -0.2) is 29.6 Å². The van der Waals surface area contributed by atoms with Crippen molar-refractivity contribution in [2.75, 3.05) is 11.5 Å². The molecule has 0 unspecified atom stereocenters. The third-order valence-electron chi connectivity index (χ3n) is 1.09. The molecule has 0 saturated heterocycles. The molecule has 0 spiro atoms. The van der Waals surface area contributed by atoms with Gasteiger partial charge < -0.3 is 4.55 Å². The molecule has 0 atom stereocenters. The molecular formula is C7H11O4RbS2. The standard InChI is InChI=1S/C7H12O4S2.Rb/c1-2-4-7(8)12-5-3-6-13(9,10)11;/h2,4H,3,5-6H2,1H3,(H,9,10,11);/q;+1/p-1. The van der Waals surface area contributed by atoms with Crippen molar-refractivity contribution >= 4 is 27.0 Å². The predicted molar refractivity (Wildman–Crippen MR) is 51.5 cm³/mol. The average molecular weight is 309 g/mol. The van der Waals surface area contributed by atoms with Gasteiger partial charge in [0.1, 0.15) is 0 Å². The van der Waals surface area contributed by atoms with Crippen LogP contribution in [0.5, 0.6) is 0 Å². The molecule has 0 amide bonds. The molecule has 0 aromatic heterocycles. The monoisotopic (exact) mass is 308 g/mol. The molecule has 0 heterocycles. The second kappa shape index (κ2) is 9.68. The van der Waals surface area contributed by atoms with E-state index in [4.69, 9.17) is 0 Å². The van der Waals surface area contributed by atoms with E-state index in [1.807, 2.05) is 0 Å². The van der Waals surface area contributed by atoms with E-state index in [1.165, 1.54) is 6.08 Å². The quantitative estimate of drug-likeness (QED) is 0.326. The van der Waals surface area contributed by atoms with Gasteiger partial charge in [-0.05, 0) is 19.4 Å². The Morgan fingerprint density at radius 3 is 2.50 bits per heavy atom. The minimum atomic E-state index is -4.13.